The summed E-state index contributed by atoms with van der Waals surface area (Å²) in [5, 5.41) is 12.0. The van der Waals surface area contributed by atoms with Gasteiger partial charge >= 0.3 is 11.9 Å². The number of carboxylic acid groups (broad SMARTS) is 1. The summed E-state index contributed by atoms with van der Waals surface area (Å²) in [5.41, 5.74) is 5.90. The molecule has 0 radical (unpaired) electrons. The van der Waals surface area contributed by atoms with Crippen LogP contribution in [0.5, 0.6) is 5.75 Å². The molecule has 1 heterocycles. The molecule has 0 fully saturated rings. The highest BCUT2D eigenvalue weighted by Gasteiger charge is 2.27. The van der Waals surface area contributed by atoms with E-state index in [2.05, 4.69) is 44.4 Å². The number of unbranched alkanes of at least 4 members (excludes halogenated alkanes) is 1. The lowest BCUT2D eigenvalue weighted by Crippen LogP contribution is -2.90. The van der Waals surface area contributed by atoms with E-state index in [0.29, 0.717) is 35.2 Å². The Hall–Kier alpha value is -4.43. The molecular weight excluding hydrogens is 669 g/mol. The number of hydrogen-bond donors (Lipinski definition) is 2. The Morgan fingerprint density at radius 2 is 1.56 bits per heavy atom. The number of rotatable bonds is 14. The summed E-state index contributed by atoms with van der Waals surface area (Å²) in [4.78, 5) is 30.0. The Morgan fingerprint density at radius 3 is 2.18 bits per heavy atom. The normalized spacial score (nSPS) is 12.1. The van der Waals surface area contributed by atoms with Crippen LogP contribution in [0.4, 0.5) is 0 Å². The molecule has 1 amide bonds. The van der Waals surface area contributed by atoms with Gasteiger partial charge in [0.25, 0.3) is 0 Å². The number of carboxylic acids is 1. The van der Waals surface area contributed by atoms with Gasteiger partial charge in [0, 0.05) is 29.7 Å². The third-order valence-corrected chi connectivity index (χ3v) is 9.22. The number of benzene rings is 4. The zero-order valence-corrected chi connectivity index (χ0v) is 30.5. The number of aryl methyl sites for hydroxylation is 1. The fraction of sp³-hybridized carbons (Fsp3) is 0.293. The molecule has 3 N–H and O–H groups in total. The highest BCUT2D eigenvalue weighted by atomic mass is 35.5. The van der Waals surface area contributed by atoms with E-state index in [1.54, 1.807) is 36.4 Å². The summed E-state index contributed by atoms with van der Waals surface area (Å²) in [7, 11) is 0. The van der Waals surface area contributed by atoms with Gasteiger partial charge in [-0.25, -0.2) is 14.6 Å². The number of quaternary nitrogens is 1. The summed E-state index contributed by atoms with van der Waals surface area (Å²) >= 11 is 12.8. The Balaban J connectivity index is 1.39. The highest BCUT2D eigenvalue weighted by molar-refractivity contribution is 6.36. The fourth-order valence-electron chi connectivity index (χ4n) is 5.78. The number of halogens is 2. The molecule has 9 heteroatoms. The van der Waals surface area contributed by atoms with Crippen LogP contribution >= 0.6 is 23.2 Å². The quantitative estimate of drug-likeness (QED) is 0.120. The van der Waals surface area contributed by atoms with Crippen LogP contribution in [-0.4, -0.2) is 26.5 Å². The van der Waals surface area contributed by atoms with E-state index < -0.39 is 5.97 Å². The van der Waals surface area contributed by atoms with Gasteiger partial charge in [0.2, 0.25) is 0 Å². The molecule has 1 aromatic heterocycles. The zero-order valence-electron chi connectivity index (χ0n) is 29.0. The number of carbonyl (C=O) groups excluding carboxylic acids is 1. The SMILES string of the molecule is CCCCn1cc(-c2ccc(Cl)cc2Cl)nc1[C@H](Cc1ccc(OCc2ccc(C(=O)O)cc2)cc1)[NH2+]C(=O)Cc1ccc(C(C)(C)C)cc1. The summed E-state index contributed by atoms with van der Waals surface area (Å²) in [6, 6.07) is 27.9. The minimum atomic E-state index is -0.960. The Morgan fingerprint density at radius 1 is 0.900 bits per heavy atom. The van der Waals surface area contributed by atoms with E-state index in [4.69, 9.17) is 38.0 Å². The van der Waals surface area contributed by atoms with Crippen LogP contribution in [0.1, 0.15) is 85.0 Å². The summed E-state index contributed by atoms with van der Waals surface area (Å²) < 4.78 is 8.14. The molecular formula is C41H44Cl2N3O4+. The van der Waals surface area contributed by atoms with Crippen molar-refractivity contribution in [2.75, 3.05) is 0 Å². The molecule has 0 bridgehead atoms. The maximum absolute atomic E-state index is 13.7. The third-order valence-electron chi connectivity index (χ3n) is 8.67. The first-order valence-corrected chi connectivity index (χ1v) is 17.7. The van der Waals surface area contributed by atoms with E-state index in [1.165, 1.54) is 5.56 Å². The number of primary amides is 1. The molecule has 0 aliphatic rings. The number of ether oxygens (including phenoxy) is 1. The van der Waals surface area contributed by atoms with Crippen molar-refractivity contribution in [1.29, 1.82) is 0 Å². The molecule has 0 saturated carbocycles. The van der Waals surface area contributed by atoms with Crippen LogP contribution in [0.3, 0.4) is 0 Å². The predicted molar refractivity (Wildman–Crippen MR) is 199 cm³/mol. The van der Waals surface area contributed by atoms with Crippen molar-refractivity contribution in [2.45, 2.75) is 78.0 Å². The van der Waals surface area contributed by atoms with Crippen molar-refractivity contribution in [2.24, 2.45) is 0 Å². The van der Waals surface area contributed by atoms with E-state index in [-0.39, 0.29) is 22.9 Å². The lowest BCUT2D eigenvalue weighted by molar-refractivity contribution is -0.614. The highest BCUT2D eigenvalue weighted by Crippen LogP contribution is 2.31. The van der Waals surface area contributed by atoms with Gasteiger partial charge in [0.05, 0.1) is 22.7 Å². The molecule has 0 saturated heterocycles. The van der Waals surface area contributed by atoms with Gasteiger partial charge in [0.1, 0.15) is 12.4 Å². The molecule has 4 aromatic carbocycles. The number of imidazole rings is 1. The number of nitrogens with zero attached hydrogens (tertiary/aromatic N) is 2. The molecule has 50 heavy (non-hydrogen) atoms. The minimum Gasteiger partial charge on any atom is -0.489 e. The molecule has 260 valence electrons. The maximum atomic E-state index is 13.7. The molecule has 1 atom stereocenters. The summed E-state index contributed by atoms with van der Waals surface area (Å²) in [5.74, 6) is 0.568. The zero-order chi connectivity index (χ0) is 35.8. The molecule has 0 unspecified atom stereocenters. The number of aromatic carboxylic acids is 1. The van der Waals surface area contributed by atoms with E-state index in [9.17, 15) is 9.59 Å². The van der Waals surface area contributed by atoms with Crippen LogP contribution in [0.25, 0.3) is 11.3 Å². The smallest absolute Gasteiger partial charge is 0.335 e. The average molecular weight is 714 g/mol. The van der Waals surface area contributed by atoms with Gasteiger partial charge in [-0.05, 0) is 76.6 Å². The van der Waals surface area contributed by atoms with Crippen LogP contribution in [0, 0.1) is 0 Å². The van der Waals surface area contributed by atoms with E-state index >= 15 is 0 Å². The van der Waals surface area contributed by atoms with Crippen LogP contribution in [0.2, 0.25) is 10.0 Å². The Bertz CT molecular complexity index is 1910. The van der Waals surface area contributed by atoms with Gasteiger partial charge in [-0.1, -0.05) is 106 Å². The van der Waals surface area contributed by atoms with E-state index in [0.717, 1.165) is 53.2 Å². The van der Waals surface area contributed by atoms with Crippen molar-refractivity contribution in [3.05, 3.63) is 141 Å². The monoisotopic (exact) mass is 712 g/mol. The average Bonchev–Trinajstić information content (AvgIpc) is 3.50. The fourth-order valence-corrected chi connectivity index (χ4v) is 6.28. The Labute approximate surface area is 304 Å². The molecule has 0 aliphatic carbocycles. The first kappa shape index (κ1) is 36.8. The number of hydrogen-bond acceptors (Lipinski definition) is 4. The first-order valence-electron chi connectivity index (χ1n) is 16.9. The summed E-state index contributed by atoms with van der Waals surface area (Å²) in [6.07, 6.45) is 4.85. The predicted octanol–water partition coefficient (Wildman–Crippen LogP) is 8.85. The molecule has 7 nitrogen and oxygen atoms in total. The number of carbonyl (C=O) groups is 2. The lowest BCUT2D eigenvalue weighted by atomic mass is 9.86. The number of amides is 1. The van der Waals surface area contributed by atoms with Crippen molar-refractivity contribution >= 4 is 35.1 Å². The molecule has 0 spiro atoms. The van der Waals surface area contributed by atoms with Gasteiger partial charge < -0.3 is 14.4 Å². The molecule has 5 aromatic rings. The molecule has 5 rings (SSSR count). The van der Waals surface area contributed by atoms with Gasteiger partial charge in [-0.2, -0.15) is 0 Å². The van der Waals surface area contributed by atoms with Crippen LogP contribution in [0.15, 0.2) is 97.2 Å². The van der Waals surface area contributed by atoms with Crippen molar-refractivity contribution < 1.29 is 24.7 Å². The van der Waals surface area contributed by atoms with Gasteiger partial charge in [0.15, 0.2) is 11.9 Å². The number of nitrogens with two attached hydrogens (primary N) is 1. The second kappa shape index (κ2) is 16.5. The summed E-state index contributed by atoms with van der Waals surface area (Å²) in [6.45, 7) is 9.76. The van der Waals surface area contributed by atoms with Crippen molar-refractivity contribution in [3.63, 3.8) is 0 Å². The largest absolute Gasteiger partial charge is 0.489 e. The van der Waals surface area contributed by atoms with Crippen LogP contribution in [-0.2, 0) is 36.2 Å². The minimum absolute atomic E-state index is 0.0310. The van der Waals surface area contributed by atoms with Gasteiger partial charge in [-0.3, -0.25) is 5.32 Å². The van der Waals surface area contributed by atoms with Crippen molar-refractivity contribution in [3.8, 4) is 17.0 Å². The second-order valence-corrected chi connectivity index (χ2v) is 14.5. The van der Waals surface area contributed by atoms with Crippen LogP contribution < -0.4 is 10.1 Å². The standard InChI is InChI=1S/C41H43Cl2N3O4/c1-5-6-21-46-25-37(34-20-17-32(42)24-35(34)43)45-39(46)36(44-38(47)23-28-9-15-31(16-10-28)41(2,3)4)22-27-11-18-33(19-12-27)50-26-29-7-13-30(14-8-29)40(48)49/h7-20,24-25,36H,5-6,21-23,26H2,1-4H3,(H,44,47)(H,48,49)/p+1/t36-/m0/s1. The lowest BCUT2D eigenvalue weighted by Gasteiger charge is -2.19. The van der Waals surface area contributed by atoms with E-state index in [1.807, 2.05) is 54.0 Å². The molecule has 0 aliphatic heterocycles. The second-order valence-electron chi connectivity index (χ2n) is 13.7. The third kappa shape index (κ3) is 9.84. The Kier molecular flexibility index (Phi) is 12.2. The maximum Gasteiger partial charge on any atom is 0.335 e. The topological polar surface area (TPSA) is 98.0 Å². The van der Waals surface area contributed by atoms with Crippen molar-refractivity contribution in [1.82, 2.24) is 9.55 Å². The number of aromatic nitrogens is 2. The van der Waals surface area contributed by atoms with Gasteiger partial charge in [-0.15, -0.1) is 0 Å². The first-order chi connectivity index (χ1) is 23.9.